The second-order valence-electron chi connectivity index (χ2n) is 3.91. The smallest absolute Gasteiger partial charge is 0.239 e. The largest absolute Gasteiger partial charge is 0.495 e. The highest BCUT2D eigenvalue weighted by molar-refractivity contribution is 5.81. The van der Waals surface area contributed by atoms with Crippen molar-refractivity contribution in [2.75, 3.05) is 19.0 Å². The lowest BCUT2D eigenvalue weighted by Gasteiger charge is -2.10. The molecule has 0 aliphatic carbocycles. The number of benzene rings is 1. The van der Waals surface area contributed by atoms with Crippen molar-refractivity contribution < 1.29 is 9.53 Å². The average Bonchev–Trinajstić information content (AvgIpc) is 2.96. The lowest BCUT2D eigenvalue weighted by Crippen LogP contribution is -2.29. The second-order valence-corrected chi connectivity index (χ2v) is 3.91. The maximum atomic E-state index is 11.7. The molecule has 1 heterocycles. The van der Waals surface area contributed by atoms with E-state index in [0.717, 1.165) is 11.4 Å². The Balaban J connectivity index is 1.80. The summed E-state index contributed by atoms with van der Waals surface area (Å²) in [6.07, 6.45) is 1.65. The van der Waals surface area contributed by atoms with Crippen molar-refractivity contribution in [2.45, 2.75) is 6.54 Å². The zero-order valence-corrected chi connectivity index (χ0v) is 10.6. The van der Waals surface area contributed by atoms with Gasteiger partial charge >= 0.3 is 0 Å². The quantitative estimate of drug-likeness (QED) is 0.728. The van der Waals surface area contributed by atoms with E-state index < -0.39 is 0 Å². The van der Waals surface area contributed by atoms with Crippen molar-refractivity contribution in [3.05, 3.63) is 42.2 Å². The maximum absolute atomic E-state index is 11.7. The molecule has 100 valence electrons. The number of carbonyl (C=O) groups is 1. The highest BCUT2D eigenvalue weighted by Crippen LogP contribution is 2.22. The van der Waals surface area contributed by atoms with Crippen LogP contribution in [0.15, 0.2) is 36.5 Å². The molecule has 0 radical (unpaired) electrons. The summed E-state index contributed by atoms with van der Waals surface area (Å²) in [5, 5.41) is 12.4. The van der Waals surface area contributed by atoms with Crippen molar-refractivity contribution in [1.29, 1.82) is 0 Å². The normalized spacial score (nSPS) is 9.95. The van der Waals surface area contributed by atoms with Crippen LogP contribution < -0.4 is 15.4 Å². The van der Waals surface area contributed by atoms with Gasteiger partial charge in [0.1, 0.15) is 5.75 Å². The highest BCUT2D eigenvalue weighted by atomic mass is 16.5. The summed E-state index contributed by atoms with van der Waals surface area (Å²) in [5.41, 5.74) is 1.66. The second kappa shape index (κ2) is 6.44. The topological polar surface area (TPSA) is 79.0 Å². The number of carbonyl (C=O) groups excluding carboxylic acids is 1. The Morgan fingerprint density at radius 3 is 2.95 bits per heavy atom. The SMILES string of the molecule is COc1ccccc1NCC(=O)NCc1ccn[nH]1. The minimum Gasteiger partial charge on any atom is -0.495 e. The lowest BCUT2D eigenvalue weighted by molar-refractivity contribution is -0.119. The van der Waals surface area contributed by atoms with Crippen molar-refractivity contribution in [3.8, 4) is 5.75 Å². The number of para-hydroxylation sites is 2. The zero-order valence-electron chi connectivity index (χ0n) is 10.6. The number of aromatic nitrogens is 2. The van der Waals surface area contributed by atoms with Crippen LogP contribution in [0.3, 0.4) is 0 Å². The first-order valence-electron chi connectivity index (χ1n) is 5.91. The monoisotopic (exact) mass is 260 g/mol. The fourth-order valence-electron chi connectivity index (χ4n) is 1.61. The van der Waals surface area contributed by atoms with E-state index in [1.807, 2.05) is 30.3 Å². The number of hydrogen-bond donors (Lipinski definition) is 3. The van der Waals surface area contributed by atoms with Gasteiger partial charge in [-0.25, -0.2) is 0 Å². The van der Waals surface area contributed by atoms with E-state index in [0.29, 0.717) is 12.3 Å². The molecule has 0 saturated carbocycles. The predicted molar refractivity (Wildman–Crippen MR) is 71.9 cm³/mol. The van der Waals surface area contributed by atoms with E-state index >= 15 is 0 Å². The van der Waals surface area contributed by atoms with Crippen LogP contribution in [-0.2, 0) is 11.3 Å². The van der Waals surface area contributed by atoms with E-state index in [1.165, 1.54) is 0 Å². The zero-order chi connectivity index (χ0) is 13.5. The molecule has 6 heteroatoms. The van der Waals surface area contributed by atoms with E-state index in [9.17, 15) is 4.79 Å². The number of methoxy groups -OCH3 is 1. The van der Waals surface area contributed by atoms with Gasteiger partial charge in [-0.05, 0) is 18.2 Å². The number of H-pyrrole nitrogens is 1. The van der Waals surface area contributed by atoms with Gasteiger partial charge in [0.05, 0.1) is 31.6 Å². The van der Waals surface area contributed by atoms with E-state index in [4.69, 9.17) is 4.74 Å². The van der Waals surface area contributed by atoms with Crippen LogP contribution in [0.1, 0.15) is 5.69 Å². The van der Waals surface area contributed by atoms with Gasteiger partial charge in [-0.2, -0.15) is 5.10 Å². The summed E-state index contributed by atoms with van der Waals surface area (Å²) in [4.78, 5) is 11.7. The number of aromatic amines is 1. The molecule has 0 fully saturated rings. The van der Waals surface area contributed by atoms with Crippen LogP contribution >= 0.6 is 0 Å². The van der Waals surface area contributed by atoms with Gasteiger partial charge in [0, 0.05) is 6.20 Å². The number of nitrogens with zero attached hydrogens (tertiary/aromatic N) is 1. The molecular formula is C13H16N4O2. The lowest BCUT2D eigenvalue weighted by atomic mass is 10.3. The Morgan fingerprint density at radius 2 is 2.21 bits per heavy atom. The summed E-state index contributed by atoms with van der Waals surface area (Å²) >= 11 is 0. The van der Waals surface area contributed by atoms with Crippen molar-refractivity contribution in [2.24, 2.45) is 0 Å². The van der Waals surface area contributed by atoms with E-state index in [2.05, 4.69) is 20.8 Å². The number of ether oxygens (including phenoxy) is 1. The van der Waals surface area contributed by atoms with Crippen molar-refractivity contribution in [3.63, 3.8) is 0 Å². The number of hydrogen-bond acceptors (Lipinski definition) is 4. The predicted octanol–water partition coefficient (Wildman–Crippen LogP) is 1.15. The third-order valence-corrected chi connectivity index (χ3v) is 2.58. The summed E-state index contributed by atoms with van der Waals surface area (Å²) in [6, 6.07) is 9.27. The van der Waals surface area contributed by atoms with Gasteiger partial charge in [-0.15, -0.1) is 0 Å². The number of anilines is 1. The van der Waals surface area contributed by atoms with Gasteiger partial charge in [-0.3, -0.25) is 9.89 Å². The average molecular weight is 260 g/mol. The molecule has 0 aliphatic heterocycles. The highest BCUT2D eigenvalue weighted by Gasteiger charge is 2.04. The van der Waals surface area contributed by atoms with Crippen LogP contribution in [-0.4, -0.2) is 29.8 Å². The Bertz CT molecular complexity index is 525. The molecule has 0 bridgehead atoms. The molecule has 3 N–H and O–H groups in total. The third-order valence-electron chi connectivity index (χ3n) is 2.58. The minimum atomic E-state index is -0.0968. The van der Waals surface area contributed by atoms with E-state index in [1.54, 1.807) is 13.3 Å². The molecule has 0 spiro atoms. The Kier molecular flexibility index (Phi) is 4.39. The first kappa shape index (κ1) is 12.9. The molecule has 0 atom stereocenters. The van der Waals surface area contributed by atoms with Crippen molar-refractivity contribution >= 4 is 11.6 Å². The summed E-state index contributed by atoms with van der Waals surface area (Å²) in [7, 11) is 1.60. The molecule has 19 heavy (non-hydrogen) atoms. The summed E-state index contributed by atoms with van der Waals surface area (Å²) < 4.78 is 5.19. The van der Waals surface area contributed by atoms with Gasteiger partial charge in [0.15, 0.2) is 0 Å². The fourth-order valence-corrected chi connectivity index (χ4v) is 1.61. The third kappa shape index (κ3) is 3.74. The number of nitrogens with one attached hydrogen (secondary N) is 3. The fraction of sp³-hybridized carbons (Fsp3) is 0.231. The first-order chi connectivity index (χ1) is 9.29. The molecule has 0 aliphatic rings. The summed E-state index contributed by atoms with van der Waals surface area (Å²) in [6.45, 7) is 0.626. The molecule has 1 aromatic carbocycles. The van der Waals surface area contributed by atoms with Crippen LogP contribution in [0.2, 0.25) is 0 Å². The molecule has 0 unspecified atom stereocenters. The molecule has 1 amide bonds. The van der Waals surface area contributed by atoms with Gasteiger partial charge in [-0.1, -0.05) is 12.1 Å². The number of rotatable bonds is 6. The van der Waals surface area contributed by atoms with Crippen LogP contribution in [0, 0.1) is 0 Å². The van der Waals surface area contributed by atoms with Crippen LogP contribution in [0.5, 0.6) is 5.75 Å². The molecule has 1 aromatic heterocycles. The Labute approximate surface area is 111 Å². The minimum absolute atomic E-state index is 0.0968. The van der Waals surface area contributed by atoms with E-state index in [-0.39, 0.29) is 12.5 Å². The Morgan fingerprint density at radius 1 is 1.37 bits per heavy atom. The van der Waals surface area contributed by atoms with Crippen LogP contribution in [0.4, 0.5) is 5.69 Å². The van der Waals surface area contributed by atoms with Gasteiger partial charge < -0.3 is 15.4 Å². The molecule has 2 aromatic rings. The Hall–Kier alpha value is -2.50. The first-order valence-corrected chi connectivity index (χ1v) is 5.91. The number of amides is 1. The molecule has 2 rings (SSSR count). The molecule has 6 nitrogen and oxygen atoms in total. The molecule has 0 saturated heterocycles. The van der Waals surface area contributed by atoms with Gasteiger partial charge in [0.25, 0.3) is 0 Å². The molecular weight excluding hydrogens is 244 g/mol. The standard InChI is InChI=1S/C13H16N4O2/c1-19-12-5-3-2-4-11(12)14-9-13(18)15-8-10-6-7-16-17-10/h2-7,14H,8-9H2,1H3,(H,15,18)(H,16,17). The summed E-state index contributed by atoms with van der Waals surface area (Å²) in [5.74, 6) is 0.615. The van der Waals surface area contributed by atoms with Crippen LogP contribution in [0.25, 0.3) is 0 Å². The van der Waals surface area contributed by atoms with Crippen molar-refractivity contribution in [1.82, 2.24) is 15.5 Å². The maximum Gasteiger partial charge on any atom is 0.239 e. The van der Waals surface area contributed by atoms with Gasteiger partial charge in [0.2, 0.25) is 5.91 Å².